The Morgan fingerprint density at radius 1 is 1.08 bits per heavy atom. The van der Waals surface area contributed by atoms with Gasteiger partial charge in [-0.3, -0.25) is 14.3 Å². The Labute approximate surface area is 209 Å². The summed E-state index contributed by atoms with van der Waals surface area (Å²) in [5, 5.41) is 7.19. The molecule has 0 saturated carbocycles. The molecule has 0 saturated heterocycles. The third-order valence-electron chi connectivity index (χ3n) is 6.04. The predicted molar refractivity (Wildman–Crippen MR) is 137 cm³/mol. The maximum absolute atomic E-state index is 15.0. The van der Waals surface area contributed by atoms with Gasteiger partial charge in [-0.15, -0.1) is 0 Å². The molecule has 0 aliphatic rings. The highest BCUT2D eigenvalue weighted by molar-refractivity contribution is 6.31. The highest BCUT2D eigenvalue weighted by atomic mass is 35.5. The van der Waals surface area contributed by atoms with E-state index in [4.69, 9.17) is 16.0 Å². The summed E-state index contributed by atoms with van der Waals surface area (Å²) >= 11 is 6.00. The molecule has 7 nitrogen and oxygen atoms in total. The zero-order valence-corrected chi connectivity index (χ0v) is 20.4. The van der Waals surface area contributed by atoms with Gasteiger partial charge >= 0.3 is 5.76 Å². The van der Waals surface area contributed by atoms with Crippen molar-refractivity contribution in [3.05, 3.63) is 103 Å². The first-order valence-electron chi connectivity index (χ1n) is 11.2. The summed E-state index contributed by atoms with van der Waals surface area (Å²) in [6.07, 6.45) is 0. The smallest absolute Gasteiger partial charge is 0.439 e. The van der Waals surface area contributed by atoms with Gasteiger partial charge in [0, 0.05) is 22.4 Å². The number of anilines is 1. The van der Waals surface area contributed by atoms with Crippen LogP contribution in [-0.4, -0.2) is 10.1 Å². The molecule has 0 spiro atoms. The van der Waals surface area contributed by atoms with Gasteiger partial charge < -0.3 is 9.73 Å². The van der Waals surface area contributed by atoms with Crippen LogP contribution in [-0.2, 0) is 0 Å². The van der Waals surface area contributed by atoms with Crippen LogP contribution in [0.25, 0.3) is 33.7 Å². The normalized spacial score (nSPS) is 12.1. The lowest BCUT2D eigenvalue weighted by atomic mass is 9.98. The van der Waals surface area contributed by atoms with Crippen molar-refractivity contribution in [2.45, 2.75) is 26.8 Å². The fourth-order valence-electron chi connectivity index (χ4n) is 4.31. The summed E-state index contributed by atoms with van der Waals surface area (Å²) in [6, 6.07) is 15.7. The van der Waals surface area contributed by atoms with Gasteiger partial charge in [0.05, 0.1) is 22.0 Å². The number of rotatable bonds is 5. The zero-order chi connectivity index (χ0) is 25.6. The van der Waals surface area contributed by atoms with Gasteiger partial charge in [-0.1, -0.05) is 53.2 Å². The number of nitrogens with zero attached hydrogens (tertiary/aromatic N) is 1. The van der Waals surface area contributed by atoms with Crippen LogP contribution >= 0.6 is 11.6 Å². The molecule has 2 N–H and O–H groups in total. The summed E-state index contributed by atoms with van der Waals surface area (Å²) in [7, 11) is 0. The molecule has 0 unspecified atom stereocenters. The van der Waals surface area contributed by atoms with Crippen LogP contribution in [0.1, 0.15) is 29.7 Å². The number of hydrogen-bond donors (Lipinski definition) is 2. The van der Waals surface area contributed by atoms with Gasteiger partial charge in [0.25, 0.3) is 0 Å². The minimum absolute atomic E-state index is 0.0422. The van der Waals surface area contributed by atoms with Gasteiger partial charge in [-0.25, -0.2) is 9.18 Å². The lowest BCUT2D eigenvalue weighted by molar-refractivity contribution is 0.387. The SMILES string of the molecule is Cc1cc([C@@H](C)Nc2ccc(Cl)c(F)c2-c2noc(=O)[nH]2)c2oc(-c3ccccc3)c(C)c(=O)c2c1. The van der Waals surface area contributed by atoms with Crippen LogP contribution in [0.3, 0.4) is 0 Å². The molecule has 2 heterocycles. The van der Waals surface area contributed by atoms with E-state index in [1.807, 2.05) is 50.2 Å². The number of fused-ring (bicyclic) bond motifs is 1. The largest absolute Gasteiger partial charge is 0.455 e. The number of halogens is 2. The molecule has 0 amide bonds. The van der Waals surface area contributed by atoms with Crippen molar-refractivity contribution in [3.63, 3.8) is 0 Å². The number of aromatic amines is 1. The molecule has 0 radical (unpaired) electrons. The van der Waals surface area contributed by atoms with Crippen LogP contribution in [0.5, 0.6) is 0 Å². The van der Waals surface area contributed by atoms with Crippen LogP contribution in [0, 0.1) is 19.7 Å². The molecule has 0 aliphatic carbocycles. The van der Waals surface area contributed by atoms with E-state index in [9.17, 15) is 9.59 Å². The van der Waals surface area contributed by atoms with E-state index in [0.29, 0.717) is 33.5 Å². The average Bonchev–Trinajstić information content (AvgIpc) is 3.29. The first kappa shape index (κ1) is 23.6. The lowest BCUT2D eigenvalue weighted by Crippen LogP contribution is -2.13. The van der Waals surface area contributed by atoms with Crippen molar-refractivity contribution in [1.82, 2.24) is 10.1 Å². The summed E-state index contributed by atoms with van der Waals surface area (Å²) in [5.74, 6) is -1.19. The highest BCUT2D eigenvalue weighted by Crippen LogP contribution is 2.36. The fourth-order valence-corrected chi connectivity index (χ4v) is 4.46. The standard InChI is InChI=1S/C27H21ClFN3O4/c1-13-11-17(25-18(12-13)23(33)14(2)24(35-25)16-7-5-4-6-8-16)15(3)30-20-10-9-19(28)22(29)21(20)26-31-27(34)36-32-26/h4-12,15,30H,1-3H3,(H,31,32,34)/t15-/m1/s1. The second-order valence-electron chi connectivity index (χ2n) is 8.58. The molecule has 2 aromatic heterocycles. The van der Waals surface area contributed by atoms with E-state index in [0.717, 1.165) is 11.1 Å². The van der Waals surface area contributed by atoms with Crippen LogP contribution in [0.15, 0.2) is 73.1 Å². The lowest BCUT2D eigenvalue weighted by Gasteiger charge is -2.20. The Bertz CT molecular complexity index is 1720. The number of aryl methyl sites for hydroxylation is 1. The third-order valence-corrected chi connectivity index (χ3v) is 6.33. The van der Waals surface area contributed by atoms with E-state index in [-0.39, 0.29) is 21.8 Å². The minimum Gasteiger partial charge on any atom is -0.455 e. The number of nitrogens with one attached hydrogen (secondary N) is 2. The van der Waals surface area contributed by atoms with Gasteiger partial charge in [0.15, 0.2) is 17.1 Å². The maximum atomic E-state index is 15.0. The fraction of sp³-hybridized carbons (Fsp3) is 0.148. The molecular weight excluding hydrogens is 485 g/mol. The van der Waals surface area contributed by atoms with Gasteiger partial charge in [-0.05, 0) is 44.5 Å². The van der Waals surface area contributed by atoms with Crippen LogP contribution < -0.4 is 16.5 Å². The van der Waals surface area contributed by atoms with Crippen LogP contribution in [0.2, 0.25) is 5.02 Å². The molecule has 9 heteroatoms. The van der Waals surface area contributed by atoms with E-state index in [1.165, 1.54) is 6.07 Å². The highest BCUT2D eigenvalue weighted by Gasteiger charge is 2.23. The van der Waals surface area contributed by atoms with Gasteiger partial charge in [0.1, 0.15) is 11.3 Å². The van der Waals surface area contributed by atoms with Crippen molar-refractivity contribution < 1.29 is 13.3 Å². The van der Waals surface area contributed by atoms with E-state index < -0.39 is 17.6 Å². The Morgan fingerprint density at radius 2 is 1.83 bits per heavy atom. The van der Waals surface area contributed by atoms with E-state index >= 15 is 4.39 Å². The zero-order valence-electron chi connectivity index (χ0n) is 19.6. The number of hydrogen-bond acceptors (Lipinski definition) is 6. The van der Waals surface area contributed by atoms with Crippen LogP contribution in [0.4, 0.5) is 10.1 Å². The topological polar surface area (TPSA) is 101 Å². The summed E-state index contributed by atoms with van der Waals surface area (Å²) in [5.41, 5.74) is 3.47. The van der Waals surface area contributed by atoms with Gasteiger partial charge in [0.2, 0.25) is 0 Å². The Kier molecular flexibility index (Phi) is 5.97. The average molecular weight is 506 g/mol. The van der Waals surface area contributed by atoms with E-state index in [2.05, 4.69) is 20.0 Å². The Balaban J connectivity index is 1.67. The summed E-state index contributed by atoms with van der Waals surface area (Å²) in [4.78, 5) is 27.2. The van der Waals surface area contributed by atoms with E-state index in [1.54, 1.807) is 19.1 Å². The van der Waals surface area contributed by atoms with Gasteiger partial charge in [-0.2, -0.15) is 0 Å². The third kappa shape index (κ3) is 4.09. The molecule has 1 atom stereocenters. The second-order valence-corrected chi connectivity index (χ2v) is 8.98. The maximum Gasteiger partial charge on any atom is 0.439 e. The molecule has 0 aliphatic heterocycles. The molecule has 0 fully saturated rings. The minimum atomic E-state index is -0.821. The van der Waals surface area contributed by atoms with Crippen molar-refractivity contribution >= 4 is 28.3 Å². The summed E-state index contributed by atoms with van der Waals surface area (Å²) < 4.78 is 25.9. The molecule has 5 rings (SSSR count). The molecule has 5 aromatic rings. The first-order valence-corrected chi connectivity index (χ1v) is 11.6. The monoisotopic (exact) mass is 505 g/mol. The van der Waals surface area contributed by atoms with Crippen molar-refractivity contribution in [1.29, 1.82) is 0 Å². The Hall–Kier alpha value is -4.17. The second kappa shape index (κ2) is 9.13. The Morgan fingerprint density at radius 3 is 2.53 bits per heavy atom. The van der Waals surface area contributed by atoms with Crippen molar-refractivity contribution in [2.75, 3.05) is 5.32 Å². The number of aromatic nitrogens is 2. The number of benzene rings is 3. The molecule has 0 bridgehead atoms. The predicted octanol–water partition coefficient (Wildman–Crippen LogP) is 6.39. The quantitative estimate of drug-likeness (QED) is 0.287. The molecule has 182 valence electrons. The first-order chi connectivity index (χ1) is 17.2. The van der Waals surface area contributed by atoms with Crippen molar-refractivity contribution in [3.8, 4) is 22.7 Å². The number of H-pyrrole nitrogens is 1. The molecule has 3 aromatic carbocycles. The van der Waals surface area contributed by atoms with Crippen molar-refractivity contribution in [2.24, 2.45) is 0 Å². The molecular formula is C27H21ClFN3O4. The summed E-state index contributed by atoms with van der Waals surface area (Å²) in [6.45, 7) is 5.50. The molecule has 36 heavy (non-hydrogen) atoms.